The van der Waals surface area contributed by atoms with Crippen LogP contribution in [0.25, 0.3) is 0 Å². The molecule has 0 N–H and O–H groups in total. The van der Waals surface area contributed by atoms with Crippen LogP contribution in [-0.4, -0.2) is 32.7 Å². The third-order valence-corrected chi connectivity index (χ3v) is 5.22. The standard InChI is InChI=1S/C24H40O3/c1(2-4-6-12-21-26-24-18-10-13-22-27-24)3-5-11-19-25-20-14-17-23-15-8-7-9-16-23/h7-9,15-16,24H,1-6,10-14,17-22H2. The Morgan fingerprint density at radius 1 is 0.741 bits per heavy atom. The summed E-state index contributed by atoms with van der Waals surface area (Å²) in [5.41, 5.74) is 1.41. The molecule has 1 fully saturated rings. The van der Waals surface area contributed by atoms with Crippen LogP contribution in [0.1, 0.15) is 82.6 Å². The van der Waals surface area contributed by atoms with E-state index in [1.165, 1.54) is 69.8 Å². The molecule has 0 spiro atoms. The molecule has 3 nitrogen and oxygen atoms in total. The van der Waals surface area contributed by atoms with Crippen molar-refractivity contribution in [3.8, 4) is 0 Å². The first kappa shape index (κ1) is 22.4. The number of hydrogen-bond acceptors (Lipinski definition) is 3. The molecule has 1 aliphatic heterocycles. The van der Waals surface area contributed by atoms with Crippen LogP contribution in [-0.2, 0) is 20.6 Å². The Bertz CT molecular complexity index is 429. The van der Waals surface area contributed by atoms with Crippen LogP contribution >= 0.6 is 0 Å². The molecule has 1 unspecified atom stereocenters. The molecule has 0 saturated carbocycles. The Hall–Kier alpha value is -0.900. The van der Waals surface area contributed by atoms with Gasteiger partial charge in [0.05, 0.1) is 0 Å². The van der Waals surface area contributed by atoms with Gasteiger partial charge in [-0.3, -0.25) is 0 Å². The molecular formula is C24H40O3. The monoisotopic (exact) mass is 376 g/mol. The largest absolute Gasteiger partial charge is 0.381 e. The number of hydrogen-bond donors (Lipinski definition) is 0. The number of unbranched alkanes of at least 4 members (excludes halogenated alkanes) is 7. The van der Waals surface area contributed by atoms with Crippen molar-refractivity contribution >= 4 is 0 Å². The molecule has 1 aliphatic rings. The fourth-order valence-corrected chi connectivity index (χ4v) is 3.55. The van der Waals surface area contributed by atoms with Crippen LogP contribution in [0.2, 0.25) is 0 Å². The maximum Gasteiger partial charge on any atom is 0.157 e. The van der Waals surface area contributed by atoms with Crippen LogP contribution in [0.5, 0.6) is 0 Å². The van der Waals surface area contributed by atoms with E-state index in [4.69, 9.17) is 14.2 Å². The van der Waals surface area contributed by atoms with Gasteiger partial charge in [0.1, 0.15) is 0 Å². The van der Waals surface area contributed by atoms with E-state index in [1.807, 2.05) is 0 Å². The van der Waals surface area contributed by atoms with Gasteiger partial charge in [-0.2, -0.15) is 0 Å². The highest BCUT2D eigenvalue weighted by molar-refractivity contribution is 5.14. The molecule has 27 heavy (non-hydrogen) atoms. The topological polar surface area (TPSA) is 27.7 Å². The van der Waals surface area contributed by atoms with Crippen molar-refractivity contribution in [2.24, 2.45) is 0 Å². The Balaban J connectivity index is 1.24. The van der Waals surface area contributed by atoms with Gasteiger partial charge in [0, 0.05) is 26.4 Å². The number of benzene rings is 1. The highest BCUT2D eigenvalue weighted by Crippen LogP contribution is 2.15. The van der Waals surface area contributed by atoms with E-state index in [2.05, 4.69) is 30.3 Å². The fourth-order valence-electron chi connectivity index (χ4n) is 3.55. The lowest BCUT2D eigenvalue weighted by molar-refractivity contribution is -0.162. The van der Waals surface area contributed by atoms with Crippen molar-refractivity contribution in [1.82, 2.24) is 0 Å². The van der Waals surface area contributed by atoms with Gasteiger partial charge in [0.25, 0.3) is 0 Å². The van der Waals surface area contributed by atoms with E-state index < -0.39 is 0 Å². The highest BCUT2D eigenvalue weighted by Gasteiger charge is 2.13. The Morgan fingerprint density at radius 2 is 1.41 bits per heavy atom. The highest BCUT2D eigenvalue weighted by atomic mass is 16.7. The molecule has 0 aliphatic carbocycles. The Labute approximate surface area is 166 Å². The molecule has 0 amide bonds. The van der Waals surface area contributed by atoms with Crippen LogP contribution in [0.15, 0.2) is 30.3 Å². The molecule has 0 aromatic heterocycles. The molecule has 1 aromatic rings. The predicted octanol–water partition coefficient (Wildman–Crippen LogP) is 6.30. The summed E-state index contributed by atoms with van der Waals surface area (Å²) in [5.74, 6) is 0. The summed E-state index contributed by atoms with van der Waals surface area (Å²) in [4.78, 5) is 0. The van der Waals surface area contributed by atoms with Crippen LogP contribution in [0, 0.1) is 0 Å². The summed E-state index contributed by atoms with van der Waals surface area (Å²) >= 11 is 0. The summed E-state index contributed by atoms with van der Waals surface area (Å²) in [5, 5.41) is 0. The van der Waals surface area contributed by atoms with Crippen LogP contribution in [0.4, 0.5) is 0 Å². The van der Waals surface area contributed by atoms with E-state index in [1.54, 1.807) is 0 Å². The molecule has 1 aromatic carbocycles. The van der Waals surface area contributed by atoms with Crippen molar-refractivity contribution < 1.29 is 14.2 Å². The van der Waals surface area contributed by atoms with Crippen molar-refractivity contribution in [1.29, 1.82) is 0 Å². The van der Waals surface area contributed by atoms with Crippen molar-refractivity contribution in [2.75, 3.05) is 26.4 Å². The molecule has 3 heteroatoms. The minimum atomic E-state index is 0.0827. The van der Waals surface area contributed by atoms with Gasteiger partial charge < -0.3 is 14.2 Å². The molecule has 154 valence electrons. The van der Waals surface area contributed by atoms with Gasteiger partial charge in [-0.25, -0.2) is 0 Å². The van der Waals surface area contributed by atoms with Gasteiger partial charge >= 0.3 is 0 Å². The summed E-state index contributed by atoms with van der Waals surface area (Å²) in [6.45, 7) is 3.56. The first-order valence-electron chi connectivity index (χ1n) is 11.3. The number of rotatable bonds is 16. The third kappa shape index (κ3) is 12.2. The van der Waals surface area contributed by atoms with Gasteiger partial charge in [0.15, 0.2) is 6.29 Å². The zero-order chi connectivity index (χ0) is 18.8. The molecular weight excluding hydrogens is 336 g/mol. The minimum Gasteiger partial charge on any atom is -0.381 e. The van der Waals surface area contributed by atoms with E-state index >= 15 is 0 Å². The molecule has 0 radical (unpaired) electrons. The minimum absolute atomic E-state index is 0.0827. The summed E-state index contributed by atoms with van der Waals surface area (Å²) in [6.07, 6.45) is 16.2. The average molecular weight is 377 g/mol. The van der Waals surface area contributed by atoms with E-state index in [0.717, 1.165) is 45.7 Å². The predicted molar refractivity (Wildman–Crippen MR) is 112 cm³/mol. The first-order chi connectivity index (χ1) is 13.4. The van der Waals surface area contributed by atoms with E-state index in [-0.39, 0.29) is 6.29 Å². The molecule has 1 saturated heterocycles. The molecule has 0 bridgehead atoms. The normalized spacial score (nSPS) is 17.3. The van der Waals surface area contributed by atoms with Gasteiger partial charge in [-0.1, -0.05) is 68.9 Å². The summed E-state index contributed by atoms with van der Waals surface area (Å²) in [7, 11) is 0. The Morgan fingerprint density at radius 3 is 2.11 bits per heavy atom. The van der Waals surface area contributed by atoms with Crippen LogP contribution in [0.3, 0.4) is 0 Å². The smallest absolute Gasteiger partial charge is 0.157 e. The molecule has 1 heterocycles. The zero-order valence-corrected chi connectivity index (χ0v) is 17.2. The second kappa shape index (κ2) is 16.1. The van der Waals surface area contributed by atoms with E-state index in [0.29, 0.717) is 0 Å². The van der Waals surface area contributed by atoms with Gasteiger partial charge in [-0.05, 0) is 50.5 Å². The van der Waals surface area contributed by atoms with Gasteiger partial charge in [-0.15, -0.1) is 0 Å². The molecule has 1 atom stereocenters. The van der Waals surface area contributed by atoms with Crippen molar-refractivity contribution in [3.05, 3.63) is 35.9 Å². The molecule has 2 rings (SSSR count). The number of ether oxygens (including phenoxy) is 3. The summed E-state index contributed by atoms with van der Waals surface area (Å²) in [6, 6.07) is 10.7. The van der Waals surface area contributed by atoms with Crippen LogP contribution < -0.4 is 0 Å². The fraction of sp³-hybridized carbons (Fsp3) is 0.750. The summed E-state index contributed by atoms with van der Waals surface area (Å²) < 4.78 is 17.1. The lowest BCUT2D eigenvalue weighted by Crippen LogP contribution is -2.22. The number of aryl methyl sites for hydroxylation is 1. The second-order valence-corrected chi connectivity index (χ2v) is 7.70. The zero-order valence-electron chi connectivity index (χ0n) is 17.2. The quantitative estimate of drug-likeness (QED) is 0.317. The maximum atomic E-state index is 5.77. The van der Waals surface area contributed by atoms with E-state index in [9.17, 15) is 0 Å². The Kier molecular flexibility index (Phi) is 13.3. The second-order valence-electron chi connectivity index (χ2n) is 7.70. The lowest BCUT2D eigenvalue weighted by atomic mass is 10.1. The van der Waals surface area contributed by atoms with Crippen molar-refractivity contribution in [2.45, 2.75) is 89.8 Å². The SMILES string of the molecule is c1ccc(CCCOCCCCCCCCCCOC2CCCCO2)cc1. The maximum absolute atomic E-state index is 5.77. The average Bonchev–Trinajstić information content (AvgIpc) is 2.72. The lowest BCUT2D eigenvalue weighted by Gasteiger charge is -2.22. The first-order valence-corrected chi connectivity index (χ1v) is 11.3. The van der Waals surface area contributed by atoms with Gasteiger partial charge in [0.2, 0.25) is 0 Å². The third-order valence-electron chi connectivity index (χ3n) is 5.22. The van der Waals surface area contributed by atoms with Crippen molar-refractivity contribution in [3.63, 3.8) is 0 Å².